The maximum atomic E-state index is 4.64. The van der Waals surface area contributed by atoms with Crippen LogP contribution in [0.1, 0.15) is 54.6 Å². The molecule has 1 unspecified atom stereocenters. The van der Waals surface area contributed by atoms with Crippen LogP contribution in [0.25, 0.3) is 60.1 Å². The minimum absolute atomic E-state index is 0.0717. The topological polar surface area (TPSA) is 9.86 Å². The molecule has 1 aliphatic heterocycles. The molecule has 0 bridgehead atoms. The molecule has 3 heteroatoms. The molecule has 0 radical (unpaired) electrons. The fraction of sp³-hybridized carbons (Fsp3) is 0.111. The number of aromatic nitrogens is 2. The first kappa shape index (κ1) is 27.8. The summed E-state index contributed by atoms with van der Waals surface area (Å²) in [6, 6.07) is 49.5. The van der Waals surface area contributed by atoms with Crippen molar-refractivity contribution in [3.8, 4) is 22.5 Å². The predicted octanol–water partition coefficient (Wildman–Crippen LogP) is 12.3. The van der Waals surface area contributed by atoms with Crippen LogP contribution < -0.4 is 0 Å². The molecule has 0 saturated heterocycles. The van der Waals surface area contributed by atoms with Crippen molar-refractivity contribution in [1.29, 1.82) is 0 Å². The van der Waals surface area contributed by atoms with E-state index in [1.165, 1.54) is 88.1 Å². The molecule has 230 valence electrons. The molecule has 8 aromatic rings. The summed E-state index contributed by atoms with van der Waals surface area (Å²) in [6.45, 7) is 11.7. The van der Waals surface area contributed by atoms with E-state index in [1.54, 1.807) is 11.8 Å². The SMILES string of the molecule is C=C1Sc2ccccc2C(C)c2c1c1ccccc1n2-c1ccc2c3cc4c(cc3n(-c3ccccc3)c2c1)C(C)(C)c1ccccc1-4. The van der Waals surface area contributed by atoms with Gasteiger partial charge >= 0.3 is 0 Å². The van der Waals surface area contributed by atoms with Crippen LogP contribution in [0.15, 0.2) is 145 Å². The number of benzene rings is 6. The monoisotopic (exact) mass is 634 g/mol. The third-order valence-electron chi connectivity index (χ3n) is 10.9. The Balaban J connectivity index is 1.30. The normalized spacial score (nSPS) is 16.1. The van der Waals surface area contributed by atoms with E-state index in [-0.39, 0.29) is 11.3 Å². The Labute approximate surface area is 285 Å². The molecule has 2 aromatic heterocycles. The first-order chi connectivity index (χ1) is 23.4. The fourth-order valence-corrected chi connectivity index (χ4v) is 9.79. The van der Waals surface area contributed by atoms with Crippen LogP contribution in [0.4, 0.5) is 0 Å². The zero-order valence-corrected chi connectivity index (χ0v) is 28.1. The molecule has 0 fully saturated rings. The summed E-state index contributed by atoms with van der Waals surface area (Å²) in [5.74, 6) is 0.191. The van der Waals surface area contributed by atoms with Gasteiger partial charge in [-0.05, 0) is 76.3 Å². The first-order valence-corrected chi connectivity index (χ1v) is 17.6. The van der Waals surface area contributed by atoms with Crippen molar-refractivity contribution in [3.63, 3.8) is 0 Å². The van der Waals surface area contributed by atoms with Crippen molar-refractivity contribution in [2.75, 3.05) is 0 Å². The van der Waals surface area contributed by atoms with Crippen LogP contribution in [0.3, 0.4) is 0 Å². The van der Waals surface area contributed by atoms with Gasteiger partial charge in [-0.3, -0.25) is 0 Å². The molecule has 0 spiro atoms. The van der Waals surface area contributed by atoms with E-state index in [9.17, 15) is 0 Å². The van der Waals surface area contributed by atoms with Gasteiger partial charge in [0.15, 0.2) is 0 Å². The molecule has 48 heavy (non-hydrogen) atoms. The number of para-hydroxylation sites is 2. The highest BCUT2D eigenvalue weighted by molar-refractivity contribution is 8.08. The van der Waals surface area contributed by atoms with Gasteiger partial charge in [0.1, 0.15) is 0 Å². The van der Waals surface area contributed by atoms with E-state index < -0.39 is 0 Å². The highest BCUT2D eigenvalue weighted by atomic mass is 32.2. The third kappa shape index (κ3) is 3.65. The molecule has 2 aliphatic rings. The van der Waals surface area contributed by atoms with Gasteiger partial charge < -0.3 is 9.13 Å². The van der Waals surface area contributed by atoms with Crippen LogP contribution in [0, 0.1) is 0 Å². The van der Waals surface area contributed by atoms with Gasteiger partial charge in [0.05, 0.1) is 16.6 Å². The molecule has 0 amide bonds. The molecule has 3 heterocycles. The van der Waals surface area contributed by atoms with Crippen molar-refractivity contribution in [2.24, 2.45) is 0 Å². The van der Waals surface area contributed by atoms with Gasteiger partial charge in [0.2, 0.25) is 0 Å². The van der Waals surface area contributed by atoms with Crippen molar-refractivity contribution < 1.29 is 0 Å². The van der Waals surface area contributed by atoms with Gasteiger partial charge in [0, 0.05) is 59.9 Å². The van der Waals surface area contributed by atoms with E-state index in [0.29, 0.717) is 0 Å². The molecular weight excluding hydrogens is 601 g/mol. The van der Waals surface area contributed by atoms with Crippen molar-refractivity contribution in [3.05, 3.63) is 168 Å². The van der Waals surface area contributed by atoms with Crippen LogP contribution in [-0.2, 0) is 5.41 Å². The Morgan fingerprint density at radius 1 is 0.583 bits per heavy atom. The standard InChI is InChI=1S/C45H34N2S/c1-27-31-16-10-13-21-42(31)48-28(2)43-34-18-9-12-20-39(34)47(44(27)43)30-22-23-33-36-25-35-32-17-8-11-19-37(32)45(3,4)38(35)26-41(36)46(40(33)24-30)29-14-6-5-7-15-29/h5-27H,2H2,1,3-4H3. The second kappa shape index (κ2) is 9.88. The summed E-state index contributed by atoms with van der Waals surface area (Å²) in [7, 11) is 0. The Hall–Kier alpha value is -5.25. The van der Waals surface area contributed by atoms with E-state index in [4.69, 9.17) is 0 Å². The lowest BCUT2D eigenvalue weighted by atomic mass is 9.82. The summed E-state index contributed by atoms with van der Waals surface area (Å²) in [6.07, 6.45) is 0. The minimum Gasteiger partial charge on any atom is -0.312 e. The Morgan fingerprint density at radius 2 is 1.31 bits per heavy atom. The van der Waals surface area contributed by atoms with Gasteiger partial charge in [-0.25, -0.2) is 0 Å². The molecular formula is C45H34N2S. The fourth-order valence-electron chi connectivity index (χ4n) is 8.70. The zero-order valence-electron chi connectivity index (χ0n) is 27.3. The highest BCUT2D eigenvalue weighted by Crippen LogP contribution is 2.52. The number of hydrogen-bond acceptors (Lipinski definition) is 1. The second-order valence-electron chi connectivity index (χ2n) is 13.9. The maximum absolute atomic E-state index is 4.64. The minimum atomic E-state index is -0.0717. The Kier molecular flexibility index (Phi) is 5.73. The summed E-state index contributed by atoms with van der Waals surface area (Å²) >= 11 is 1.80. The average Bonchev–Trinajstić information content (AvgIpc) is 3.68. The molecule has 10 rings (SSSR count). The van der Waals surface area contributed by atoms with Crippen molar-refractivity contribution >= 4 is 49.4 Å². The van der Waals surface area contributed by atoms with Crippen molar-refractivity contribution in [2.45, 2.75) is 37.0 Å². The zero-order chi connectivity index (χ0) is 32.3. The molecule has 6 aromatic carbocycles. The molecule has 0 saturated carbocycles. The van der Waals surface area contributed by atoms with Crippen LogP contribution in [0.2, 0.25) is 0 Å². The predicted molar refractivity (Wildman–Crippen MR) is 204 cm³/mol. The lowest BCUT2D eigenvalue weighted by molar-refractivity contribution is 0.661. The smallest absolute Gasteiger partial charge is 0.0561 e. The maximum Gasteiger partial charge on any atom is 0.0561 e. The van der Waals surface area contributed by atoms with Gasteiger partial charge in [-0.2, -0.15) is 0 Å². The van der Waals surface area contributed by atoms with Gasteiger partial charge in [-0.15, -0.1) is 0 Å². The molecule has 1 atom stereocenters. The summed E-state index contributed by atoms with van der Waals surface area (Å²) in [4.78, 5) is 2.40. The highest BCUT2D eigenvalue weighted by Gasteiger charge is 2.36. The van der Waals surface area contributed by atoms with E-state index >= 15 is 0 Å². The summed E-state index contributed by atoms with van der Waals surface area (Å²) in [5, 5.41) is 3.81. The molecule has 1 aliphatic carbocycles. The Morgan fingerprint density at radius 3 is 2.19 bits per heavy atom. The van der Waals surface area contributed by atoms with E-state index in [1.807, 2.05) is 0 Å². The lowest BCUT2D eigenvalue weighted by Gasteiger charge is -2.21. The first-order valence-electron chi connectivity index (χ1n) is 16.8. The summed E-state index contributed by atoms with van der Waals surface area (Å²) in [5.41, 5.74) is 15.4. The largest absolute Gasteiger partial charge is 0.312 e. The van der Waals surface area contributed by atoms with Crippen LogP contribution >= 0.6 is 11.8 Å². The van der Waals surface area contributed by atoms with Crippen LogP contribution in [-0.4, -0.2) is 9.13 Å². The van der Waals surface area contributed by atoms with Gasteiger partial charge in [0.25, 0.3) is 0 Å². The second-order valence-corrected chi connectivity index (χ2v) is 15.0. The Bertz CT molecular complexity index is 2650. The van der Waals surface area contributed by atoms with E-state index in [2.05, 4.69) is 170 Å². The number of fused-ring (bicyclic) bond motifs is 10. The number of hydrogen-bond donors (Lipinski definition) is 0. The third-order valence-corrected chi connectivity index (χ3v) is 12.0. The quantitative estimate of drug-likeness (QED) is 0.184. The van der Waals surface area contributed by atoms with Crippen LogP contribution in [0.5, 0.6) is 0 Å². The van der Waals surface area contributed by atoms with Crippen molar-refractivity contribution in [1.82, 2.24) is 9.13 Å². The molecule has 2 nitrogen and oxygen atoms in total. The lowest BCUT2D eigenvalue weighted by Crippen LogP contribution is -2.14. The number of rotatable bonds is 2. The molecule has 0 N–H and O–H groups in total. The van der Waals surface area contributed by atoms with Gasteiger partial charge in [-0.1, -0.05) is 124 Å². The van der Waals surface area contributed by atoms with E-state index in [0.717, 1.165) is 4.91 Å². The number of nitrogens with zero attached hydrogens (tertiary/aromatic N) is 2. The average molecular weight is 635 g/mol. The summed E-state index contributed by atoms with van der Waals surface area (Å²) < 4.78 is 4.99. The number of thioether (sulfide) groups is 1.